The van der Waals surface area contributed by atoms with Crippen LogP contribution in [-0.2, 0) is 0 Å². The van der Waals surface area contributed by atoms with Crippen LogP contribution in [0.3, 0.4) is 0 Å². The molecule has 0 fully saturated rings. The zero-order valence-corrected chi connectivity index (χ0v) is 17.2. The molecule has 0 unspecified atom stereocenters. The lowest BCUT2D eigenvalue weighted by Gasteiger charge is -2.01. The van der Waals surface area contributed by atoms with Crippen molar-refractivity contribution in [1.82, 2.24) is 0 Å². The first kappa shape index (κ1) is 20.5. The highest BCUT2D eigenvalue weighted by molar-refractivity contribution is 5.73. The normalized spacial score (nSPS) is 10.9. The van der Waals surface area contributed by atoms with Gasteiger partial charge in [0, 0.05) is 0 Å². The van der Waals surface area contributed by atoms with Crippen LogP contribution in [0.15, 0.2) is 66.7 Å². The van der Waals surface area contributed by atoms with Crippen LogP contribution in [0.4, 0.5) is 0 Å². The minimum atomic E-state index is 1.21. The molecule has 0 aromatic heterocycles. The van der Waals surface area contributed by atoms with Crippen molar-refractivity contribution in [1.29, 1.82) is 0 Å². The highest BCUT2D eigenvalue weighted by Crippen LogP contribution is 2.15. The van der Waals surface area contributed by atoms with Crippen molar-refractivity contribution < 1.29 is 0 Å². The molecule has 0 aliphatic carbocycles. The van der Waals surface area contributed by atoms with E-state index >= 15 is 0 Å². The first-order valence-corrected chi connectivity index (χ1v) is 9.70. The molecule has 3 aromatic rings. The van der Waals surface area contributed by atoms with E-state index < -0.39 is 0 Å². The minimum absolute atomic E-state index is 1.21. The van der Waals surface area contributed by atoms with Crippen LogP contribution in [0.1, 0.15) is 52.8 Å². The van der Waals surface area contributed by atoms with Gasteiger partial charge < -0.3 is 0 Å². The third-order valence-electron chi connectivity index (χ3n) is 4.16. The molecule has 0 bridgehead atoms. The molecule has 0 aliphatic heterocycles. The Hall–Kier alpha value is -2.86. The Bertz CT molecular complexity index is 889. The summed E-state index contributed by atoms with van der Waals surface area (Å²) in [4.78, 5) is 0. The second kappa shape index (κ2) is 10.3. The maximum absolute atomic E-state index is 2.21. The lowest BCUT2D eigenvalue weighted by atomic mass is 10.1. The molecule has 0 atom stereocenters. The van der Waals surface area contributed by atoms with Gasteiger partial charge in [-0.1, -0.05) is 122 Å². The Balaban J connectivity index is 0.00000126. The predicted octanol–water partition coefficient (Wildman–Crippen LogP) is 7.98. The van der Waals surface area contributed by atoms with Crippen molar-refractivity contribution in [2.75, 3.05) is 0 Å². The topological polar surface area (TPSA) is 0 Å². The fourth-order valence-electron chi connectivity index (χ4n) is 2.98. The maximum Gasteiger partial charge on any atom is -0.0251 e. The SMILES string of the molecule is CC.Cc1cccc(/C=C/c2ccc(/C=C/c3cc(C)cc(C)c3)cc2)c1. The quantitative estimate of drug-likeness (QED) is 0.417. The highest BCUT2D eigenvalue weighted by atomic mass is 14.0. The minimum Gasteiger partial charge on any atom is -0.0683 e. The van der Waals surface area contributed by atoms with Gasteiger partial charge in [0.2, 0.25) is 0 Å². The van der Waals surface area contributed by atoms with E-state index in [0.717, 1.165) is 0 Å². The molecule has 0 radical (unpaired) electrons. The lowest BCUT2D eigenvalue weighted by molar-refractivity contribution is 1.37. The molecule has 0 saturated carbocycles. The summed E-state index contributed by atoms with van der Waals surface area (Å²) in [6, 6.07) is 23.8. The van der Waals surface area contributed by atoms with Crippen molar-refractivity contribution in [2.45, 2.75) is 34.6 Å². The van der Waals surface area contributed by atoms with E-state index in [1.165, 1.54) is 38.9 Å². The monoisotopic (exact) mass is 354 g/mol. The number of hydrogen-bond donors (Lipinski definition) is 0. The number of hydrogen-bond acceptors (Lipinski definition) is 0. The smallest absolute Gasteiger partial charge is 0.0251 e. The Morgan fingerprint density at radius 1 is 0.444 bits per heavy atom. The molecule has 3 rings (SSSR count). The van der Waals surface area contributed by atoms with E-state index in [1.54, 1.807) is 0 Å². The van der Waals surface area contributed by atoms with Crippen molar-refractivity contribution >= 4 is 24.3 Å². The van der Waals surface area contributed by atoms with E-state index in [9.17, 15) is 0 Å². The van der Waals surface area contributed by atoms with Crippen LogP contribution in [0.5, 0.6) is 0 Å². The molecule has 0 spiro atoms. The van der Waals surface area contributed by atoms with Gasteiger partial charge in [0.25, 0.3) is 0 Å². The van der Waals surface area contributed by atoms with E-state index in [0.29, 0.717) is 0 Å². The summed E-state index contributed by atoms with van der Waals surface area (Å²) in [5, 5.41) is 0. The Morgan fingerprint density at radius 3 is 1.41 bits per heavy atom. The van der Waals surface area contributed by atoms with Gasteiger partial charge in [0.15, 0.2) is 0 Å². The largest absolute Gasteiger partial charge is 0.0683 e. The van der Waals surface area contributed by atoms with Crippen LogP contribution in [0, 0.1) is 20.8 Å². The van der Waals surface area contributed by atoms with Crippen LogP contribution < -0.4 is 0 Å². The average Bonchev–Trinajstić information content (AvgIpc) is 2.66. The second-order valence-electron chi connectivity index (χ2n) is 6.67. The summed E-state index contributed by atoms with van der Waals surface area (Å²) in [5.41, 5.74) is 8.80. The van der Waals surface area contributed by atoms with E-state index in [-0.39, 0.29) is 0 Å². The van der Waals surface area contributed by atoms with Gasteiger partial charge in [0.05, 0.1) is 0 Å². The average molecular weight is 355 g/mol. The van der Waals surface area contributed by atoms with Crippen LogP contribution in [-0.4, -0.2) is 0 Å². The Morgan fingerprint density at radius 2 is 0.889 bits per heavy atom. The van der Waals surface area contributed by atoms with Crippen LogP contribution in [0.25, 0.3) is 24.3 Å². The maximum atomic E-state index is 2.21. The molecule has 3 aromatic carbocycles. The summed E-state index contributed by atoms with van der Waals surface area (Å²) in [5.74, 6) is 0. The lowest BCUT2D eigenvalue weighted by Crippen LogP contribution is -1.80. The molecule has 138 valence electrons. The third kappa shape index (κ3) is 6.75. The Kier molecular flexibility index (Phi) is 7.82. The van der Waals surface area contributed by atoms with Crippen LogP contribution >= 0.6 is 0 Å². The summed E-state index contributed by atoms with van der Waals surface area (Å²) in [7, 11) is 0. The summed E-state index contributed by atoms with van der Waals surface area (Å²) in [6.07, 6.45) is 8.67. The van der Waals surface area contributed by atoms with Gasteiger partial charge >= 0.3 is 0 Å². The van der Waals surface area contributed by atoms with Crippen molar-refractivity contribution in [2.24, 2.45) is 0 Å². The zero-order valence-electron chi connectivity index (χ0n) is 17.2. The first-order chi connectivity index (χ1) is 13.1. The van der Waals surface area contributed by atoms with Gasteiger partial charge in [-0.15, -0.1) is 0 Å². The molecular weight excluding hydrogens is 324 g/mol. The molecule has 0 heteroatoms. The molecule has 0 amide bonds. The van der Waals surface area contributed by atoms with Crippen molar-refractivity contribution in [3.63, 3.8) is 0 Å². The summed E-state index contributed by atoms with van der Waals surface area (Å²) < 4.78 is 0. The van der Waals surface area contributed by atoms with Gasteiger partial charge in [-0.05, 0) is 43.0 Å². The van der Waals surface area contributed by atoms with Crippen LogP contribution in [0.2, 0.25) is 0 Å². The Labute approximate surface area is 164 Å². The van der Waals surface area contributed by atoms with Gasteiger partial charge in [0.1, 0.15) is 0 Å². The number of aryl methyl sites for hydroxylation is 3. The van der Waals surface area contributed by atoms with E-state index in [2.05, 4.69) is 112 Å². The molecule has 27 heavy (non-hydrogen) atoms. The van der Waals surface area contributed by atoms with Crippen molar-refractivity contribution in [3.8, 4) is 0 Å². The van der Waals surface area contributed by atoms with E-state index in [4.69, 9.17) is 0 Å². The highest BCUT2D eigenvalue weighted by Gasteiger charge is 1.94. The fraction of sp³-hybridized carbons (Fsp3) is 0.185. The molecule has 0 aliphatic rings. The molecule has 0 heterocycles. The van der Waals surface area contributed by atoms with Crippen molar-refractivity contribution in [3.05, 3.63) is 106 Å². The number of rotatable bonds is 4. The fourth-order valence-corrected chi connectivity index (χ4v) is 2.98. The number of benzene rings is 3. The molecule has 0 saturated heterocycles. The molecular formula is C27H30. The first-order valence-electron chi connectivity index (χ1n) is 9.70. The third-order valence-corrected chi connectivity index (χ3v) is 4.16. The van der Waals surface area contributed by atoms with Gasteiger partial charge in [-0.2, -0.15) is 0 Å². The predicted molar refractivity (Wildman–Crippen MR) is 123 cm³/mol. The second-order valence-corrected chi connectivity index (χ2v) is 6.67. The summed E-state index contributed by atoms with van der Waals surface area (Å²) >= 11 is 0. The molecule has 0 nitrogen and oxygen atoms in total. The van der Waals surface area contributed by atoms with Gasteiger partial charge in [-0.3, -0.25) is 0 Å². The molecule has 0 N–H and O–H groups in total. The van der Waals surface area contributed by atoms with Gasteiger partial charge in [-0.25, -0.2) is 0 Å². The summed E-state index contributed by atoms with van der Waals surface area (Å²) in [6.45, 7) is 10.4. The zero-order chi connectivity index (χ0) is 19.6. The van der Waals surface area contributed by atoms with E-state index in [1.807, 2.05) is 13.8 Å². The standard InChI is InChI=1S/C25H24.C2H6/c1-19-5-4-6-24(16-19)13-11-22-7-9-23(10-8-22)12-14-25-17-20(2)15-21(3)18-25;1-2/h4-18H,1-3H3;1-2H3/b13-11+,14-12+;.